The highest BCUT2D eigenvalue weighted by Gasteiger charge is 2.29. The molecule has 1 aromatic carbocycles. The van der Waals surface area contributed by atoms with Crippen molar-refractivity contribution in [3.8, 4) is 5.75 Å². The molecular weight excluding hydrogens is 246 g/mol. The van der Waals surface area contributed by atoms with Gasteiger partial charge in [0.05, 0.1) is 5.56 Å². The first-order chi connectivity index (χ1) is 7.70. The van der Waals surface area contributed by atoms with E-state index in [9.17, 15) is 22.4 Å². The second-order valence-electron chi connectivity index (χ2n) is 3.08. The summed E-state index contributed by atoms with van der Waals surface area (Å²) in [5.74, 6) is -3.45. The minimum Gasteiger partial charge on any atom is -0.481 e. The van der Waals surface area contributed by atoms with Gasteiger partial charge in [-0.15, -0.1) is 0 Å². The first-order valence-corrected chi connectivity index (χ1v) is 4.22. The monoisotopic (exact) mass is 253 g/mol. The topological polar surface area (TPSA) is 72.5 Å². The molecular formula is C9H7F4NO3. The molecule has 0 heterocycles. The largest absolute Gasteiger partial charge is 0.481 e. The van der Waals surface area contributed by atoms with Gasteiger partial charge in [-0.2, -0.15) is 13.2 Å². The van der Waals surface area contributed by atoms with Crippen molar-refractivity contribution in [2.24, 2.45) is 0 Å². The van der Waals surface area contributed by atoms with Crippen molar-refractivity contribution in [3.63, 3.8) is 0 Å². The van der Waals surface area contributed by atoms with Crippen molar-refractivity contribution >= 4 is 11.7 Å². The maximum atomic E-state index is 13.1. The number of hydrogen-bond donors (Lipinski definition) is 2. The van der Waals surface area contributed by atoms with Gasteiger partial charge in [0.15, 0.2) is 18.2 Å². The van der Waals surface area contributed by atoms with Crippen molar-refractivity contribution < 1.29 is 32.2 Å². The summed E-state index contributed by atoms with van der Waals surface area (Å²) in [5.41, 5.74) is 4.26. The van der Waals surface area contributed by atoms with Crippen molar-refractivity contribution in [1.82, 2.24) is 0 Å². The summed E-state index contributed by atoms with van der Waals surface area (Å²) in [7, 11) is 0. The Morgan fingerprint density at radius 2 is 2.00 bits per heavy atom. The molecule has 0 aliphatic carbocycles. The molecule has 0 bridgehead atoms. The Kier molecular flexibility index (Phi) is 3.45. The highest BCUT2D eigenvalue weighted by Crippen LogP contribution is 2.26. The van der Waals surface area contributed by atoms with E-state index in [0.29, 0.717) is 12.1 Å². The van der Waals surface area contributed by atoms with Gasteiger partial charge in [0, 0.05) is 11.8 Å². The molecule has 1 rings (SSSR count). The maximum absolute atomic E-state index is 13.1. The molecule has 4 nitrogen and oxygen atoms in total. The molecule has 0 spiro atoms. The van der Waals surface area contributed by atoms with Gasteiger partial charge in [-0.1, -0.05) is 0 Å². The predicted octanol–water partition coefficient (Wildman–Crippen LogP) is 2.05. The lowest BCUT2D eigenvalue weighted by molar-refractivity contribution is -0.153. The van der Waals surface area contributed by atoms with Crippen LogP contribution in [0.25, 0.3) is 0 Å². The van der Waals surface area contributed by atoms with Crippen LogP contribution in [0.1, 0.15) is 10.4 Å². The normalized spacial score (nSPS) is 11.3. The second kappa shape index (κ2) is 4.48. The number of rotatable bonds is 3. The van der Waals surface area contributed by atoms with Crippen LogP contribution >= 0.6 is 0 Å². The fourth-order valence-electron chi connectivity index (χ4n) is 1.02. The quantitative estimate of drug-likeness (QED) is 0.638. The van der Waals surface area contributed by atoms with Crippen LogP contribution in [-0.2, 0) is 0 Å². The van der Waals surface area contributed by atoms with E-state index in [-0.39, 0.29) is 0 Å². The van der Waals surface area contributed by atoms with Crippen LogP contribution in [-0.4, -0.2) is 23.9 Å². The van der Waals surface area contributed by atoms with Crippen LogP contribution in [0.5, 0.6) is 5.75 Å². The molecule has 0 atom stereocenters. The molecule has 0 unspecified atom stereocenters. The molecule has 0 saturated carbocycles. The summed E-state index contributed by atoms with van der Waals surface area (Å²) in [4.78, 5) is 10.6. The molecule has 0 amide bonds. The zero-order valence-electron chi connectivity index (χ0n) is 8.21. The second-order valence-corrected chi connectivity index (χ2v) is 3.08. The third-order valence-electron chi connectivity index (χ3n) is 1.73. The van der Waals surface area contributed by atoms with Gasteiger partial charge in [-0.3, -0.25) is 0 Å². The van der Waals surface area contributed by atoms with Gasteiger partial charge < -0.3 is 15.6 Å². The van der Waals surface area contributed by atoms with Crippen LogP contribution in [0.2, 0.25) is 0 Å². The van der Waals surface area contributed by atoms with E-state index in [4.69, 9.17) is 10.8 Å². The number of nitrogens with two attached hydrogens (primary N) is 1. The summed E-state index contributed by atoms with van der Waals surface area (Å²) in [5, 5.41) is 8.63. The fourth-order valence-corrected chi connectivity index (χ4v) is 1.02. The molecule has 94 valence electrons. The molecule has 0 saturated heterocycles. The summed E-state index contributed by atoms with van der Waals surface area (Å²) >= 11 is 0. The van der Waals surface area contributed by atoms with Crippen molar-refractivity contribution in [2.75, 3.05) is 12.3 Å². The lowest BCUT2D eigenvalue weighted by Crippen LogP contribution is -2.20. The number of hydrogen-bond acceptors (Lipinski definition) is 3. The molecule has 0 aromatic heterocycles. The number of alkyl halides is 3. The minimum absolute atomic E-state index is 0.394. The van der Waals surface area contributed by atoms with Crippen molar-refractivity contribution in [3.05, 3.63) is 23.5 Å². The Morgan fingerprint density at radius 3 is 2.47 bits per heavy atom. The lowest BCUT2D eigenvalue weighted by atomic mass is 10.1. The van der Waals surface area contributed by atoms with Crippen LogP contribution in [0.4, 0.5) is 23.2 Å². The van der Waals surface area contributed by atoms with E-state index < -0.39 is 41.6 Å². The Bertz CT molecular complexity index is 445. The molecule has 1 aromatic rings. The van der Waals surface area contributed by atoms with E-state index >= 15 is 0 Å². The number of nitrogen functional groups attached to an aromatic ring is 1. The summed E-state index contributed by atoms with van der Waals surface area (Å²) < 4.78 is 52.7. The molecule has 0 fully saturated rings. The third kappa shape index (κ3) is 3.51. The molecule has 3 N–H and O–H groups in total. The molecule has 0 radical (unpaired) electrons. The van der Waals surface area contributed by atoms with Crippen molar-refractivity contribution in [1.29, 1.82) is 0 Å². The lowest BCUT2D eigenvalue weighted by Gasteiger charge is -2.11. The summed E-state index contributed by atoms with van der Waals surface area (Å²) in [6.45, 7) is -1.72. The molecule has 0 aliphatic rings. The molecule has 17 heavy (non-hydrogen) atoms. The number of carbonyl (C=O) groups is 1. The third-order valence-corrected chi connectivity index (χ3v) is 1.73. The van der Waals surface area contributed by atoms with E-state index in [1.807, 2.05) is 0 Å². The van der Waals surface area contributed by atoms with Gasteiger partial charge in [0.1, 0.15) is 0 Å². The Labute approximate surface area is 92.6 Å². The summed E-state index contributed by atoms with van der Waals surface area (Å²) in [6, 6.07) is 1.20. The predicted molar refractivity (Wildman–Crippen MR) is 49.3 cm³/mol. The number of anilines is 1. The number of halogens is 4. The zero-order chi connectivity index (χ0) is 13.2. The zero-order valence-corrected chi connectivity index (χ0v) is 8.21. The smallest absolute Gasteiger partial charge is 0.422 e. The van der Waals surface area contributed by atoms with Gasteiger partial charge in [0.25, 0.3) is 0 Å². The number of carboxylic acids is 1. The first-order valence-electron chi connectivity index (χ1n) is 4.22. The Hall–Kier alpha value is -1.99. The molecule has 0 aliphatic heterocycles. The van der Waals surface area contributed by atoms with Gasteiger partial charge >= 0.3 is 12.1 Å². The maximum Gasteiger partial charge on any atom is 0.422 e. The van der Waals surface area contributed by atoms with E-state index in [2.05, 4.69) is 4.74 Å². The fraction of sp³-hybridized carbons (Fsp3) is 0.222. The number of benzene rings is 1. The van der Waals surface area contributed by atoms with Crippen LogP contribution in [0.3, 0.4) is 0 Å². The average Bonchev–Trinajstić information content (AvgIpc) is 2.14. The van der Waals surface area contributed by atoms with Crippen LogP contribution in [0, 0.1) is 5.82 Å². The number of ether oxygens (including phenoxy) is 1. The molecule has 8 heteroatoms. The van der Waals surface area contributed by atoms with E-state index in [0.717, 1.165) is 0 Å². The minimum atomic E-state index is -4.64. The van der Waals surface area contributed by atoms with E-state index in [1.54, 1.807) is 0 Å². The van der Waals surface area contributed by atoms with Gasteiger partial charge in [-0.05, 0) is 6.07 Å². The van der Waals surface area contributed by atoms with Crippen LogP contribution in [0.15, 0.2) is 12.1 Å². The summed E-state index contributed by atoms with van der Waals surface area (Å²) in [6.07, 6.45) is -4.64. The Morgan fingerprint density at radius 1 is 1.41 bits per heavy atom. The SMILES string of the molecule is Nc1cc(F)c(OCC(F)(F)F)cc1C(=O)O. The van der Waals surface area contributed by atoms with E-state index in [1.165, 1.54) is 0 Å². The average molecular weight is 253 g/mol. The highest BCUT2D eigenvalue weighted by atomic mass is 19.4. The Balaban J connectivity index is 3.00. The highest BCUT2D eigenvalue weighted by molar-refractivity contribution is 5.94. The first kappa shape index (κ1) is 13.1. The van der Waals surface area contributed by atoms with Gasteiger partial charge in [0.2, 0.25) is 0 Å². The van der Waals surface area contributed by atoms with Gasteiger partial charge in [-0.25, -0.2) is 9.18 Å². The van der Waals surface area contributed by atoms with Crippen molar-refractivity contribution in [2.45, 2.75) is 6.18 Å². The van der Waals surface area contributed by atoms with Crippen LogP contribution < -0.4 is 10.5 Å². The standard InChI is InChI=1S/C9H7F4NO3/c10-5-2-6(14)4(8(15)16)1-7(5)17-3-9(11,12)13/h1-2H,3,14H2,(H,15,16). The number of carboxylic acid groups (broad SMARTS) is 1. The number of aromatic carboxylic acids is 1.